The summed E-state index contributed by atoms with van der Waals surface area (Å²) in [6.45, 7) is 3.92. The molecule has 7 heteroatoms. The van der Waals surface area contributed by atoms with E-state index in [0.29, 0.717) is 30.2 Å². The number of β-amino-alcohol motifs (C(OH)–C–C–N with tert-alkyl or cyclic N) is 1. The van der Waals surface area contributed by atoms with Crippen molar-refractivity contribution in [3.8, 4) is 5.75 Å². The third kappa shape index (κ3) is 5.04. The van der Waals surface area contributed by atoms with Crippen molar-refractivity contribution in [3.05, 3.63) is 58.6 Å². The number of hydrogen-bond donors (Lipinski definition) is 3. The number of carbonyl (C=O) groups is 1. The Hall–Kier alpha value is -2.12. The van der Waals surface area contributed by atoms with Crippen LogP contribution in [0.3, 0.4) is 0 Å². The number of aliphatic hydroxyl groups excluding tert-OH is 2. The van der Waals surface area contributed by atoms with E-state index in [2.05, 4.69) is 10.2 Å². The lowest BCUT2D eigenvalue weighted by Crippen LogP contribution is -2.51. The highest BCUT2D eigenvalue weighted by molar-refractivity contribution is 6.30. The van der Waals surface area contributed by atoms with E-state index >= 15 is 0 Å². The van der Waals surface area contributed by atoms with E-state index in [0.717, 1.165) is 42.7 Å². The van der Waals surface area contributed by atoms with Crippen molar-refractivity contribution in [1.82, 2.24) is 4.90 Å². The van der Waals surface area contributed by atoms with Crippen molar-refractivity contribution in [2.24, 2.45) is 0 Å². The molecular weight excluding hydrogens is 416 g/mol. The first-order chi connectivity index (χ1) is 14.9. The Balaban J connectivity index is 1.33. The number of benzene rings is 2. The Kier molecular flexibility index (Phi) is 6.53. The first kappa shape index (κ1) is 22.1. The second kappa shape index (κ2) is 9.17. The van der Waals surface area contributed by atoms with Gasteiger partial charge in [0.2, 0.25) is 5.91 Å². The molecule has 1 spiro atoms. The number of nitrogens with zero attached hydrogens (tertiary/aromatic N) is 1. The molecule has 2 aliphatic heterocycles. The van der Waals surface area contributed by atoms with Crippen molar-refractivity contribution >= 4 is 23.2 Å². The van der Waals surface area contributed by atoms with Gasteiger partial charge in [-0.25, -0.2) is 0 Å². The number of piperidine rings is 1. The number of aliphatic hydroxyl groups is 2. The average molecular weight is 445 g/mol. The van der Waals surface area contributed by atoms with Crippen LogP contribution in [0.2, 0.25) is 5.02 Å². The highest BCUT2D eigenvalue weighted by Crippen LogP contribution is 2.45. The Morgan fingerprint density at radius 3 is 2.65 bits per heavy atom. The number of rotatable bonds is 5. The van der Waals surface area contributed by atoms with Crippen LogP contribution >= 0.6 is 11.6 Å². The molecule has 1 amide bonds. The molecule has 3 N–H and O–H groups in total. The van der Waals surface area contributed by atoms with Gasteiger partial charge in [0.25, 0.3) is 0 Å². The van der Waals surface area contributed by atoms with Crippen molar-refractivity contribution < 1.29 is 19.7 Å². The van der Waals surface area contributed by atoms with E-state index in [-0.39, 0.29) is 11.5 Å². The molecular formula is C24H29ClN2O4. The van der Waals surface area contributed by atoms with Crippen LogP contribution in [-0.2, 0) is 4.79 Å². The monoisotopic (exact) mass is 444 g/mol. The summed E-state index contributed by atoms with van der Waals surface area (Å²) < 4.78 is 6.34. The number of ether oxygens (including phenoxy) is 1. The molecule has 0 aliphatic carbocycles. The molecule has 6 nitrogen and oxygen atoms in total. The van der Waals surface area contributed by atoms with Crippen molar-refractivity contribution in [3.63, 3.8) is 0 Å². The number of likely N-dealkylation sites (tertiary alicyclic amines) is 1. The lowest BCUT2D eigenvalue weighted by Gasteiger charge is -2.46. The van der Waals surface area contributed by atoms with Gasteiger partial charge in [-0.3, -0.25) is 4.79 Å². The summed E-state index contributed by atoms with van der Waals surface area (Å²) in [4.78, 5) is 13.7. The van der Waals surface area contributed by atoms with Crippen LogP contribution in [0.4, 0.5) is 5.69 Å². The Morgan fingerprint density at radius 2 is 1.97 bits per heavy atom. The van der Waals surface area contributed by atoms with Gasteiger partial charge in [0.15, 0.2) is 0 Å². The molecule has 2 atom stereocenters. The summed E-state index contributed by atoms with van der Waals surface area (Å²) in [6.07, 6.45) is 1.39. The van der Waals surface area contributed by atoms with Gasteiger partial charge in [0.1, 0.15) is 11.4 Å². The van der Waals surface area contributed by atoms with Gasteiger partial charge < -0.3 is 25.2 Å². The number of nitrogens with one attached hydrogen (secondary N) is 1. The molecule has 1 fully saturated rings. The molecule has 31 heavy (non-hydrogen) atoms. The molecule has 4 rings (SSSR count). The van der Waals surface area contributed by atoms with E-state index < -0.39 is 12.2 Å². The normalized spacial score (nSPS) is 21.2. The van der Waals surface area contributed by atoms with Gasteiger partial charge in [0, 0.05) is 48.7 Å². The van der Waals surface area contributed by atoms with Crippen molar-refractivity contribution in [2.75, 3.05) is 25.0 Å². The summed E-state index contributed by atoms with van der Waals surface area (Å²) in [6, 6.07) is 12.7. The highest BCUT2D eigenvalue weighted by atomic mass is 35.5. The Bertz CT molecular complexity index is 926. The van der Waals surface area contributed by atoms with Crippen molar-refractivity contribution in [1.29, 1.82) is 0 Å². The van der Waals surface area contributed by atoms with Crippen LogP contribution in [0.1, 0.15) is 55.9 Å². The number of hydrogen-bond acceptors (Lipinski definition) is 5. The highest BCUT2D eigenvalue weighted by Gasteiger charge is 2.43. The summed E-state index contributed by atoms with van der Waals surface area (Å²) in [5, 5.41) is 24.7. The van der Waals surface area contributed by atoms with Gasteiger partial charge >= 0.3 is 0 Å². The topological polar surface area (TPSA) is 82.0 Å². The van der Waals surface area contributed by atoms with E-state index in [1.165, 1.54) is 0 Å². The molecule has 2 aromatic rings. The molecule has 0 aromatic heterocycles. The summed E-state index contributed by atoms with van der Waals surface area (Å²) in [5.74, 6) is 0.684. The van der Waals surface area contributed by atoms with Crippen molar-refractivity contribution in [2.45, 2.75) is 50.4 Å². The number of anilines is 1. The molecule has 0 unspecified atom stereocenters. The second-order valence-electron chi connectivity index (χ2n) is 8.53. The Labute approximate surface area is 187 Å². The van der Waals surface area contributed by atoms with Crippen LogP contribution in [0.5, 0.6) is 5.75 Å². The van der Waals surface area contributed by atoms with E-state index in [1.54, 1.807) is 12.1 Å². The molecule has 0 radical (unpaired) electrons. The third-order valence-corrected chi connectivity index (χ3v) is 6.56. The van der Waals surface area contributed by atoms with E-state index in [1.807, 2.05) is 37.3 Å². The molecule has 2 aromatic carbocycles. The molecule has 166 valence electrons. The molecule has 2 aliphatic rings. The second-order valence-corrected chi connectivity index (χ2v) is 8.96. The fourth-order valence-electron chi connectivity index (χ4n) is 4.45. The quantitative estimate of drug-likeness (QED) is 0.647. The van der Waals surface area contributed by atoms with Gasteiger partial charge in [-0.05, 0) is 48.7 Å². The maximum absolute atomic E-state index is 11.5. The average Bonchev–Trinajstić information content (AvgIpc) is 2.76. The number of halogens is 1. The zero-order valence-corrected chi connectivity index (χ0v) is 18.4. The predicted octanol–water partition coefficient (Wildman–Crippen LogP) is 4.07. The fourth-order valence-corrected chi connectivity index (χ4v) is 4.63. The fraction of sp³-hybridized carbons (Fsp3) is 0.458. The van der Waals surface area contributed by atoms with Crippen LogP contribution in [0, 0.1) is 0 Å². The summed E-state index contributed by atoms with van der Waals surface area (Å²) in [5.41, 5.74) is 1.94. The van der Waals surface area contributed by atoms with Gasteiger partial charge in [-0.2, -0.15) is 0 Å². The lowest BCUT2D eigenvalue weighted by molar-refractivity contribution is -0.115. The first-order valence-electron chi connectivity index (χ1n) is 10.8. The first-order valence-corrected chi connectivity index (χ1v) is 11.2. The standard InChI is InChI=1S/C24H29ClN2O4/c1-2-23(30)26-18-6-3-16(4-7-18)21(29)15-27-11-9-24(10-12-27)14-20(28)19-13-17(25)5-8-22(19)31-24/h3-8,13,20-21,28-29H,2,9-12,14-15H2,1H3,(H,26,30)/t20-,21+/m1/s1. The Morgan fingerprint density at radius 1 is 1.26 bits per heavy atom. The van der Waals surface area contributed by atoms with Gasteiger partial charge in [-0.15, -0.1) is 0 Å². The molecule has 0 saturated carbocycles. The minimum Gasteiger partial charge on any atom is -0.487 e. The zero-order chi connectivity index (χ0) is 22.0. The zero-order valence-electron chi connectivity index (χ0n) is 17.7. The maximum atomic E-state index is 11.5. The predicted molar refractivity (Wildman–Crippen MR) is 120 cm³/mol. The largest absolute Gasteiger partial charge is 0.487 e. The molecule has 1 saturated heterocycles. The third-order valence-electron chi connectivity index (χ3n) is 6.32. The summed E-state index contributed by atoms with van der Waals surface area (Å²) >= 11 is 6.06. The minimum absolute atomic E-state index is 0.0312. The van der Waals surface area contributed by atoms with E-state index in [4.69, 9.17) is 16.3 Å². The van der Waals surface area contributed by atoms with Gasteiger partial charge in [-0.1, -0.05) is 30.7 Å². The van der Waals surface area contributed by atoms with Crippen LogP contribution in [0.25, 0.3) is 0 Å². The smallest absolute Gasteiger partial charge is 0.224 e. The van der Waals surface area contributed by atoms with E-state index in [9.17, 15) is 15.0 Å². The molecule has 2 heterocycles. The molecule has 0 bridgehead atoms. The minimum atomic E-state index is -0.606. The number of fused-ring (bicyclic) bond motifs is 1. The van der Waals surface area contributed by atoms with Crippen LogP contribution < -0.4 is 10.1 Å². The number of carbonyl (C=O) groups excluding carboxylic acids is 1. The SMILES string of the molecule is CCC(=O)Nc1ccc([C@@H](O)CN2CCC3(CC2)C[C@@H](O)c2cc(Cl)ccc2O3)cc1. The number of amides is 1. The van der Waals surface area contributed by atoms with Gasteiger partial charge in [0.05, 0.1) is 12.2 Å². The van der Waals surface area contributed by atoms with Crippen LogP contribution in [0.15, 0.2) is 42.5 Å². The maximum Gasteiger partial charge on any atom is 0.224 e. The van der Waals surface area contributed by atoms with Crippen LogP contribution in [-0.4, -0.2) is 46.3 Å². The lowest BCUT2D eigenvalue weighted by atomic mass is 9.81. The summed E-state index contributed by atoms with van der Waals surface area (Å²) in [7, 11) is 0.